The zero-order valence-corrected chi connectivity index (χ0v) is 12.8. The molecule has 4 heteroatoms. The number of benzene rings is 2. The van der Waals surface area contributed by atoms with Crippen LogP contribution in [0.25, 0.3) is 0 Å². The van der Waals surface area contributed by atoms with E-state index in [1.807, 2.05) is 0 Å². The lowest BCUT2D eigenvalue weighted by Gasteiger charge is -2.10. The Morgan fingerprint density at radius 2 is 1.74 bits per heavy atom. The van der Waals surface area contributed by atoms with Crippen LogP contribution in [-0.4, -0.2) is 5.78 Å². The first-order valence-corrected chi connectivity index (χ1v) is 6.83. The first kappa shape index (κ1) is 14.2. The molecule has 0 aromatic heterocycles. The number of halogens is 3. The summed E-state index contributed by atoms with van der Waals surface area (Å²) in [6.07, 6.45) is 0. The van der Waals surface area contributed by atoms with E-state index < -0.39 is 0 Å². The van der Waals surface area contributed by atoms with E-state index in [4.69, 9.17) is 11.6 Å². The molecular weight excluding hydrogens is 331 g/mol. The van der Waals surface area contributed by atoms with Gasteiger partial charge in [-0.15, -0.1) is 0 Å². The van der Waals surface area contributed by atoms with Gasteiger partial charge in [-0.05, 0) is 71.2 Å². The van der Waals surface area contributed by atoms with Crippen LogP contribution in [0.15, 0.2) is 34.8 Å². The number of carbonyl (C=O) groups is 1. The summed E-state index contributed by atoms with van der Waals surface area (Å²) in [5.41, 5.74) is 2.27. The molecule has 0 aliphatic carbocycles. The average molecular weight is 342 g/mol. The third-order valence-electron chi connectivity index (χ3n) is 2.91. The van der Waals surface area contributed by atoms with Crippen molar-refractivity contribution in [2.75, 3.05) is 0 Å². The maximum absolute atomic E-state index is 13.3. The van der Waals surface area contributed by atoms with E-state index in [0.29, 0.717) is 27.3 Å². The second kappa shape index (κ2) is 5.43. The van der Waals surface area contributed by atoms with E-state index in [1.165, 1.54) is 12.1 Å². The monoisotopic (exact) mass is 340 g/mol. The lowest BCUT2D eigenvalue weighted by Crippen LogP contribution is -2.07. The summed E-state index contributed by atoms with van der Waals surface area (Å²) in [4.78, 5) is 12.5. The molecule has 19 heavy (non-hydrogen) atoms. The first-order chi connectivity index (χ1) is 8.90. The van der Waals surface area contributed by atoms with Gasteiger partial charge in [0.05, 0.1) is 5.02 Å². The number of hydrogen-bond donors (Lipinski definition) is 0. The predicted molar refractivity (Wildman–Crippen MR) is 78.5 cm³/mol. The lowest BCUT2D eigenvalue weighted by atomic mass is 9.95. The molecule has 0 atom stereocenters. The summed E-state index contributed by atoms with van der Waals surface area (Å²) in [7, 11) is 0. The molecule has 0 saturated heterocycles. The van der Waals surface area contributed by atoms with Crippen LogP contribution in [0.3, 0.4) is 0 Å². The Hall–Kier alpha value is -1.19. The van der Waals surface area contributed by atoms with E-state index in [1.54, 1.807) is 32.0 Å². The highest BCUT2D eigenvalue weighted by Crippen LogP contribution is 2.26. The summed E-state index contributed by atoms with van der Waals surface area (Å²) in [6, 6.07) is 7.75. The largest absolute Gasteiger partial charge is 0.289 e. The molecule has 98 valence electrons. The summed E-state index contributed by atoms with van der Waals surface area (Å²) < 4.78 is 14.0. The molecule has 0 fully saturated rings. The molecule has 0 heterocycles. The zero-order chi connectivity index (χ0) is 14.2. The zero-order valence-electron chi connectivity index (χ0n) is 10.4. The first-order valence-electron chi connectivity index (χ1n) is 5.66. The van der Waals surface area contributed by atoms with Gasteiger partial charge >= 0.3 is 0 Å². The van der Waals surface area contributed by atoms with Crippen molar-refractivity contribution < 1.29 is 9.18 Å². The van der Waals surface area contributed by atoms with Crippen LogP contribution in [0.2, 0.25) is 5.02 Å². The van der Waals surface area contributed by atoms with Crippen molar-refractivity contribution in [1.82, 2.24) is 0 Å². The van der Waals surface area contributed by atoms with Gasteiger partial charge in [0, 0.05) is 15.6 Å². The standard InChI is InChI=1S/C15H11BrClFO/c1-8-5-11(18)6-9(2)14(8)15(19)10-3-4-12(16)13(17)7-10/h3-7H,1-2H3. The normalized spacial score (nSPS) is 10.6. The van der Waals surface area contributed by atoms with Crippen LogP contribution in [-0.2, 0) is 0 Å². The van der Waals surface area contributed by atoms with Gasteiger partial charge in [-0.3, -0.25) is 4.79 Å². The quantitative estimate of drug-likeness (QED) is 0.695. The van der Waals surface area contributed by atoms with E-state index >= 15 is 0 Å². The van der Waals surface area contributed by atoms with Crippen molar-refractivity contribution in [2.45, 2.75) is 13.8 Å². The number of rotatable bonds is 2. The number of ketones is 1. The van der Waals surface area contributed by atoms with Gasteiger partial charge in [0.25, 0.3) is 0 Å². The van der Waals surface area contributed by atoms with Gasteiger partial charge in [-0.1, -0.05) is 11.6 Å². The lowest BCUT2D eigenvalue weighted by molar-refractivity contribution is 0.103. The van der Waals surface area contributed by atoms with Gasteiger partial charge in [-0.25, -0.2) is 4.39 Å². The van der Waals surface area contributed by atoms with E-state index in [9.17, 15) is 9.18 Å². The molecule has 0 unspecified atom stereocenters. The van der Waals surface area contributed by atoms with Crippen molar-refractivity contribution in [3.05, 3.63) is 67.9 Å². The highest BCUT2D eigenvalue weighted by molar-refractivity contribution is 9.10. The second-order valence-corrected chi connectivity index (χ2v) is 5.63. The Kier molecular flexibility index (Phi) is 4.07. The van der Waals surface area contributed by atoms with Crippen molar-refractivity contribution >= 4 is 33.3 Å². The summed E-state index contributed by atoms with van der Waals surface area (Å²) in [5, 5.41) is 0.475. The van der Waals surface area contributed by atoms with Gasteiger partial charge < -0.3 is 0 Å². The topological polar surface area (TPSA) is 17.1 Å². The Morgan fingerprint density at radius 1 is 1.16 bits per heavy atom. The molecule has 0 N–H and O–H groups in total. The molecule has 0 radical (unpaired) electrons. The van der Waals surface area contributed by atoms with Crippen LogP contribution in [0.5, 0.6) is 0 Å². The summed E-state index contributed by atoms with van der Waals surface area (Å²) in [5.74, 6) is -0.482. The molecule has 0 bridgehead atoms. The molecule has 2 aromatic carbocycles. The molecule has 0 spiro atoms. The SMILES string of the molecule is Cc1cc(F)cc(C)c1C(=O)c1ccc(Br)c(Cl)c1. The van der Waals surface area contributed by atoms with E-state index in [2.05, 4.69) is 15.9 Å². The third-order valence-corrected chi connectivity index (χ3v) is 4.14. The molecule has 0 aliphatic heterocycles. The molecular formula is C15H11BrClFO. The molecule has 2 rings (SSSR count). The molecule has 0 aliphatic rings. The van der Waals surface area contributed by atoms with Crippen LogP contribution in [0.1, 0.15) is 27.0 Å². The second-order valence-electron chi connectivity index (χ2n) is 4.37. The Morgan fingerprint density at radius 3 is 2.26 bits per heavy atom. The van der Waals surface area contributed by atoms with Crippen LogP contribution >= 0.6 is 27.5 Å². The van der Waals surface area contributed by atoms with Crippen molar-refractivity contribution in [3.63, 3.8) is 0 Å². The fraction of sp³-hybridized carbons (Fsp3) is 0.133. The third kappa shape index (κ3) is 2.88. The van der Waals surface area contributed by atoms with E-state index in [0.717, 1.165) is 4.47 Å². The average Bonchev–Trinajstić information content (AvgIpc) is 2.31. The Labute approximate surface area is 124 Å². The fourth-order valence-corrected chi connectivity index (χ4v) is 2.48. The minimum absolute atomic E-state index is 0.149. The molecule has 0 amide bonds. The Bertz CT molecular complexity index is 644. The van der Waals surface area contributed by atoms with Crippen molar-refractivity contribution in [2.24, 2.45) is 0 Å². The minimum Gasteiger partial charge on any atom is -0.289 e. The number of hydrogen-bond acceptors (Lipinski definition) is 1. The van der Waals surface area contributed by atoms with Crippen LogP contribution in [0.4, 0.5) is 4.39 Å². The molecule has 2 aromatic rings. The highest BCUT2D eigenvalue weighted by atomic mass is 79.9. The smallest absolute Gasteiger partial charge is 0.193 e. The summed E-state index contributed by atoms with van der Waals surface area (Å²) in [6.45, 7) is 3.45. The number of carbonyl (C=O) groups excluding carboxylic acids is 1. The van der Waals surface area contributed by atoms with Crippen molar-refractivity contribution in [3.8, 4) is 0 Å². The molecule has 1 nitrogen and oxygen atoms in total. The minimum atomic E-state index is -0.333. The maximum Gasteiger partial charge on any atom is 0.193 e. The molecule has 0 saturated carbocycles. The van der Waals surface area contributed by atoms with Crippen LogP contribution < -0.4 is 0 Å². The van der Waals surface area contributed by atoms with Gasteiger partial charge in [0.1, 0.15) is 5.82 Å². The van der Waals surface area contributed by atoms with Gasteiger partial charge in [-0.2, -0.15) is 0 Å². The number of aryl methyl sites for hydroxylation is 2. The Balaban J connectivity index is 2.53. The van der Waals surface area contributed by atoms with E-state index in [-0.39, 0.29) is 11.6 Å². The van der Waals surface area contributed by atoms with Crippen LogP contribution in [0, 0.1) is 19.7 Å². The van der Waals surface area contributed by atoms with Gasteiger partial charge in [0.15, 0.2) is 5.78 Å². The van der Waals surface area contributed by atoms with Crippen molar-refractivity contribution in [1.29, 1.82) is 0 Å². The fourth-order valence-electron chi connectivity index (χ4n) is 2.05. The highest BCUT2D eigenvalue weighted by Gasteiger charge is 2.16. The van der Waals surface area contributed by atoms with Gasteiger partial charge in [0.2, 0.25) is 0 Å². The predicted octanol–water partition coefficient (Wildman–Crippen LogP) is 5.09. The maximum atomic E-state index is 13.3. The summed E-state index contributed by atoms with van der Waals surface area (Å²) >= 11 is 9.27.